The third-order valence-corrected chi connectivity index (χ3v) is 4.79. The lowest BCUT2D eigenvalue weighted by molar-refractivity contribution is 0.415. The smallest absolute Gasteiger partial charge is 0.198 e. The number of aromatic nitrogens is 2. The Kier molecular flexibility index (Phi) is 4.02. The van der Waals surface area contributed by atoms with Gasteiger partial charge in [-0.05, 0) is 36.4 Å². The Morgan fingerprint density at radius 3 is 2.12 bits per heavy atom. The summed E-state index contributed by atoms with van der Waals surface area (Å²) in [6.07, 6.45) is 1.18. The molecule has 2 aromatic carbocycles. The van der Waals surface area contributed by atoms with Gasteiger partial charge < -0.3 is 15.5 Å². The van der Waals surface area contributed by atoms with Gasteiger partial charge in [0, 0.05) is 17.4 Å². The lowest BCUT2D eigenvalue weighted by atomic mass is 10.1. The van der Waals surface area contributed by atoms with E-state index in [1.165, 1.54) is 6.26 Å². The van der Waals surface area contributed by atoms with Crippen LogP contribution in [-0.4, -0.2) is 31.8 Å². The molecular formula is C17H17N3O3S. The van der Waals surface area contributed by atoms with Crippen LogP contribution in [0.25, 0.3) is 22.5 Å². The number of benzene rings is 2. The second kappa shape index (κ2) is 6.01. The highest BCUT2D eigenvalue weighted by molar-refractivity contribution is 7.90. The molecule has 24 heavy (non-hydrogen) atoms. The third-order valence-electron chi connectivity index (χ3n) is 3.66. The van der Waals surface area contributed by atoms with E-state index in [1.54, 1.807) is 31.4 Å². The predicted molar refractivity (Wildman–Crippen MR) is 93.5 cm³/mol. The van der Waals surface area contributed by atoms with Gasteiger partial charge in [-0.3, -0.25) is 0 Å². The number of methoxy groups -OCH3 is 1. The van der Waals surface area contributed by atoms with Gasteiger partial charge in [0.15, 0.2) is 15.8 Å². The average Bonchev–Trinajstić information content (AvgIpc) is 2.96. The average molecular weight is 343 g/mol. The fourth-order valence-corrected chi connectivity index (χ4v) is 3.06. The number of ether oxygens (including phenoxy) is 1. The van der Waals surface area contributed by atoms with Crippen molar-refractivity contribution >= 4 is 15.8 Å². The fourth-order valence-electron chi connectivity index (χ4n) is 2.43. The normalized spacial score (nSPS) is 11.4. The molecule has 0 aliphatic heterocycles. The fraction of sp³-hybridized carbons (Fsp3) is 0.118. The van der Waals surface area contributed by atoms with Gasteiger partial charge in [0.25, 0.3) is 0 Å². The summed E-state index contributed by atoms with van der Waals surface area (Å²) in [6.45, 7) is 0. The lowest BCUT2D eigenvalue weighted by Crippen LogP contribution is -1.96. The van der Waals surface area contributed by atoms with Crippen LogP contribution < -0.4 is 10.5 Å². The van der Waals surface area contributed by atoms with E-state index in [-0.39, 0.29) is 4.90 Å². The Bertz CT molecular complexity index is 959. The van der Waals surface area contributed by atoms with Gasteiger partial charge in [0.1, 0.15) is 5.75 Å². The minimum absolute atomic E-state index is 0.268. The Morgan fingerprint density at radius 2 is 1.58 bits per heavy atom. The van der Waals surface area contributed by atoms with E-state index in [0.717, 1.165) is 22.6 Å². The molecule has 0 radical (unpaired) electrons. The Balaban J connectivity index is 2.05. The van der Waals surface area contributed by atoms with Crippen molar-refractivity contribution < 1.29 is 13.2 Å². The van der Waals surface area contributed by atoms with Crippen LogP contribution in [0.1, 0.15) is 0 Å². The lowest BCUT2D eigenvalue weighted by Gasteiger charge is -2.05. The molecule has 3 N–H and O–H groups in total. The molecule has 1 aromatic heterocycles. The minimum atomic E-state index is -3.23. The zero-order chi connectivity index (χ0) is 17.3. The van der Waals surface area contributed by atoms with Gasteiger partial charge >= 0.3 is 0 Å². The summed E-state index contributed by atoms with van der Waals surface area (Å²) in [4.78, 5) is 7.65. The van der Waals surface area contributed by atoms with E-state index in [0.29, 0.717) is 11.6 Å². The number of nitrogens with two attached hydrogens (primary N) is 1. The number of rotatable bonds is 4. The third kappa shape index (κ3) is 3.11. The number of hydrogen-bond donors (Lipinski definition) is 2. The zero-order valence-corrected chi connectivity index (χ0v) is 14.1. The summed E-state index contributed by atoms with van der Waals surface area (Å²) < 4.78 is 28.3. The molecule has 0 saturated carbocycles. The second-order valence-electron chi connectivity index (χ2n) is 5.37. The van der Waals surface area contributed by atoms with Crippen molar-refractivity contribution in [2.45, 2.75) is 4.90 Å². The SMILES string of the molecule is COc1ccc(-c2nc(N)[nH]c2-c2ccc(S(C)(=O)=O)cc2)cc1. The van der Waals surface area contributed by atoms with Crippen molar-refractivity contribution in [2.75, 3.05) is 19.1 Å². The van der Waals surface area contributed by atoms with E-state index in [1.807, 2.05) is 24.3 Å². The van der Waals surface area contributed by atoms with Crippen molar-refractivity contribution in [3.63, 3.8) is 0 Å². The number of H-pyrrole nitrogens is 1. The first-order valence-corrected chi connectivity index (χ1v) is 9.08. The number of sulfone groups is 1. The quantitative estimate of drug-likeness (QED) is 0.759. The van der Waals surface area contributed by atoms with Crippen molar-refractivity contribution in [3.8, 4) is 28.3 Å². The van der Waals surface area contributed by atoms with E-state index in [9.17, 15) is 8.42 Å². The summed E-state index contributed by atoms with van der Waals surface area (Å²) in [5, 5.41) is 0. The maximum Gasteiger partial charge on any atom is 0.198 e. The Labute approximate surface area is 140 Å². The maximum absolute atomic E-state index is 11.6. The van der Waals surface area contributed by atoms with Crippen molar-refractivity contribution in [1.29, 1.82) is 0 Å². The van der Waals surface area contributed by atoms with E-state index >= 15 is 0 Å². The highest BCUT2D eigenvalue weighted by atomic mass is 32.2. The highest BCUT2D eigenvalue weighted by Crippen LogP contribution is 2.32. The van der Waals surface area contributed by atoms with Crippen LogP contribution in [-0.2, 0) is 9.84 Å². The summed E-state index contributed by atoms with van der Waals surface area (Å²) in [5.41, 5.74) is 8.94. The van der Waals surface area contributed by atoms with E-state index in [2.05, 4.69) is 9.97 Å². The van der Waals surface area contributed by atoms with Crippen molar-refractivity contribution in [1.82, 2.24) is 9.97 Å². The monoisotopic (exact) mass is 343 g/mol. The molecule has 0 unspecified atom stereocenters. The minimum Gasteiger partial charge on any atom is -0.497 e. The van der Waals surface area contributed by atoms with Crippen LogP contribution in [0.4, 0.5) is 5.95 Å². The Hall–Kier alpha value is -2.80. The van der Waals surface area contributed by atoms with E-state index in [4.69, 9.17) is 10.5 Å². The van der Waals surface area contributed by atoms with Gasteiger partial charge in [0.05, 0.1) is 23.4 Å². The van der Waals surface area contributed by atoms with Crippen LogP contribution in [0.15, 0.2) is 53.4 Å². The second-order valence-corrected chi connectivity index (χ2v) is 7.39. The van der Waals surface area contributed by atoms with Crippen molar-refractivity contribution in [3.05, 3.63) is 48.5 Å². The van der Waals surface area contributed by atoms with Gasteiger partial charge in [-0.2, -0.15) is 0 Å². The zero-order valence-electron chi connectivity index (χ0n) is 13.3. The molecule has 0 amide bonds. The number of nitrogens with zero attached hydrogens (tertiary/aromatic N) is 1. The number of aromatic amines is 1. The molecule has 0 atom stereocenters. The summed E-state index contributed by atoms with van der Waals surface area (Å²) in [5.74, 6) is 1.05. The molecular weight excluding hydrogens is 326 g/mol. The molecule has 6 nitrogen and oxygen atoms in total. The molecule has 0 fully saturated rings. The van der Waals surface area contributed by atoms with Crippen LogP contribution >= 0.6 is 0 Å². The van der Waals surface area contributed by atoms with Gasteiger partial charge in [-0.25, -0.2) is 13.4 Å². The topological polar surface area (TPSA) is 98.1 Å². The van der Waals surface area contributed by atoms with E-state index < -0.39 is 9.84 Å². The van der Waals surface area contributed by atoms with Crippen LogP contribution in [0.3, 0.4) is 0 Å². The maximum atomic E-state index is 11.6. The number of imidazole rings is 1. The number of nitrogen functional groups attached to an aromatic ring is 1. The standard InChI is InChI=1S/C17H17N3O3S/c1-23-13-7-3-11(4-8-13)15-16(20-17(18)19-15)12-5-9-14(10-6-12)24(2,21)22/h3-10H,1-2H3,(H3,18,19,20). The largest absolute Gasteiger partial charge is 0.497 e. The molecule has 0 aliphatic rings. The molecule has 0 saturated heterocycles. The van der Waals surface area contributed by atoms with Gasteiger partial charge in [-0.15, -0.1) is 0 Å². The first-order valence-electron chi connectivity index (χ1n) is 7.19. The number of nitrogens with one attached hydrogen (secondary N) is 1. The molecule has 3 rings (SSSR count). The molecule has 0 spiro atoms. The number of hydrogen-bond acceptors (Lipinski definition) is 5. The molecule has 3 aromatic rings. The van der Waals surface area contributed by atoms with Gasteiger partial charge in [0.2, 0.25) is 0 Å². The molecule has 124 valence electrons. The van der Waals surface area contributed by atoms with Crippen LogP contribution in [0, 0.1) is 0 Å². The molecule has 0 bridgehead atoms. The molecule has 1 heterocycles. The first kappa shape index (κ1) is 16.1. The molecule has 0 aliphatic carbocycles. The Morgan fingerprint density at radius 1 is 1.00 bits per heavy atom. The predicted octanol–water partition coefficient (Wildman–Crippen LogP) is 2.74. The highest BCUT2D eigenvalue weighted by Gasteiger charge is 2.14. The summed E-state index contributed by atoms with van der Waals surface area (Å²) >= 11 is 0. The van der Waals surface area contributed by atoms with Crippen LogP contribution in [0.5, 0.6) is 5.75 Å². The van der Waals surface area contributed by atoms with Crippen LogP contribution in [0.2, 0.25) is 0 Å². The van der Waals surface area contributed by atoms with Gasteiger partial charge in [-0.1, -0.05) is 12.1 Å². The van der Waals surface area contributed by atoms with Crippen molar-refractivity contribution in [2.24, 2.45) is 0 Å². The first-order chi connectivity index (χ1) is 11.4. The summed E-state index contributed by atoms with van der Waals surface area (Å²) in [7, 11) is -1.62. The molecule has 7 heteroatoms. The summed E-state index contributed by atoms with van der Waals surface area (Å²) in [6, 6.07) is 14.1. The number of anilines is 1.